The van der Waals surface area contributed by atoms with Crippen LogP contribution in [0.4, 0.5) is 0 Å². The standard InChI is InChI=1S/C81H158O17P2/c1-7-9-11-13-15-17-19-21-23-24-25-26-27-28-30-32-36-40-46-53-59-65-80(85)97-76(69-91-78(83)63-57-51-45-39-35-31-29-22-20-18-16-14-12-10-8-2)71-95-99(87,88)93-67-75(82)68-94-100(89,90)96-72-77(70-92-79(84)64-58-52-48-42-44-50-56-62-74(5)6)98-81(86)66-60-54-47-41-37-33-34-38-43-49-55-61-73(3)4/h73-77,82H,7-72H2,1-6H3,(H,87,88)(H,89,90)/t75-,76-,77-/m1/s1. The van der Waals surface area contributed by atoms with Crippen molar-refractivity contribution in [2.45, 2.75) is 445 Å². The van der Waals surface area contributed by atoms with Gasteiger partial charge in [-0.25, -0.2) is 9.13 Å². The molecule has 17 nitrogen and oxygen atoms in total. The molecule has 0 saturated heterocycles. The molecule has 0 radical (unpaired) electrons. The van der Waals surface area contributed by atoms with Gasteiger partial charge in [-0.1, -0.05) is 375 Å². The Morgan fingerprint density at radius 1 is 0.270 bits per heavy atom. The number of rotatable bonds is 80. The first-order chi connectivity index (χ1) is 48.4. The summed E-state index contributed by atoms with van der Waals surface area (Å²) in [6, 6.07) is 0. The molecule has 0 fully saturated rings. The molecule has 0 amide bonds. The fraction of sp³-hybridized carbons (Fsp3) is 0.951. The second-order valence-corrected chi connectivity index (χ2v) is 33.0. The maximum Gasteiger partial charge on any atom is 0.472 e. The van der Waals surface area contributed by atoms with Crippen LogP contribution in [-0.4, -0.2) is 96.7 Å². The van der Waals surface area contributed by atoms with Gasteiger partial charge in [0, 0.05) is 25.7 Å². The third kappa shape index (κ3) is 74.3. The monoisotopic (exact) mass is 1470 g/mol. The number of phosphoric acid groups is 2. The van der Waals surface area contributed by atoms with Crippen LogP contribution in [0.2, 0.25) is 0 Å². The molecule has 0 rings (SSSR count). The normalized spacial score (nSPS) is 13.9. The van der Waals surface area contributed by atoms with Crippen LogP contribution >= 0.6 is 15.6 Å². The number of hydrogen-bond acceptors (Lipinski definition) is 15. The average molecular weight is 1470 g/mol. The summed E-state index contributed by atoms with van der Waals surface area (Å²) in [6.07, 6.45) is 62.6. The van der Waals surface area contributed by atoms with Crippen LogP contribution in [0.1, 0.15) is 427 Å². The molecule has 19 heteroatoms. The second-order valence-electron chi connectivity index (χ2n) is 30.1. The molecule has 0 saturated carbocycles. The van der Waals surface area contributed by atoms with Crippen LogP contribution in [0, 0.1) is 11.8 Å². The fourth-order valence-electron chi connectivity index (χ4n) is 12.5. The van der Waals surface area contributed by atoms with Gasteiger partial charge in [0.1, 0.15) is 19.3 Å². The largest absolute Gasteiger partial charge is 0.472 e. The van der Waals surface area contributed by atoms with Crippen molar-refractivity contribution < 1.29 is 80.2 Å². The van der Waals surface area contributed by atoms with E-state index in [0.29, 0.717) is 31.6 Å². The summed E-state index contributed by atoms with van der Waals surface area (Å²) in [6.45, 7) is 9.58. The molecule has 0 aromatic rings. The van der Waals surface area contributed by atoms with Gasteiger partial charge < -0.3 is 33.8 Å². The van der Waals surface area contributed by atoms with E-state index in [0.717, 1.165) is 102 Å². The van der Waals surface area contributed by atoms with Crippen molar-refractivity contribution in [2.75, 3.05) is 39.6 Å². The van der Waals surface area contributed by atoms with Gasteiger partial charge in [0.25, 0.3) is 0 Å². The third-order valence-electron chi connectivity index (χ3n) is 19.0. The minimum absolute atomic E-state index is 0.106. The van der Waals surface area contributed by atoms with Gasteiger partial charge in [-0.15, -0.1) is 0 Å². The molecule has 0 aromatic carbocycles. The van der Waals surface area contributed by atoms with Crippen molar-refractivity contribution in [1.82, 2.24) is 0 Å². The lowest BCUT2D eigenvalue weighted by atomic mass is 10.0. The van der Waals surface area contributed by atoms with Gasteiger partial charge in [-0.3, -0.25) is 37.3 Å². The highest BCUT2D eigenvalue weighted by Gasteiger charge is 2.30. The Balaban J connectivity index is 5.22. The van der Waals surface area contributed by atoms with Crippen LogP contribution in [0.5, 0.6) is 0 Å². The molecular weight excluding hydrogens is 1310 g/mol. The van der Waals surface area contributed by atoms with Gasteiger partial charge in [-0.05, 0) is 37.5 Å². The molecule has 0 bridgehead atoms. The molecule has 3 N–H and O–H groups in total. The number of carbonyl (C=O) groups is 4. The molecular formula is C81H158O17P2. The van der Waals surface area contributed by atoms with E-state index in [9.17, 15) is 43.2 Å². The molecule has 0 aliphatic heterocycles. The number of ether oxygens (including phenoxy) is 4. The maximum absolute atomic E-state index is 13.1. The lowest BCUT2D eigenvalue weighted by Gasteiger charge is -2.21. The Labute approximate surface area is 613 Å². The molecule has 5 atom stereocenters. The quantitative estimate of drug-likeness (QED) is 0.0222. The Bertz CT molecular complexity index is 1920. The molecule has 0 aliphatic rings. The Hall–Kier alpha value is -1.94. The zero-order valence-corrected chi connectivity index (χ0v) is 67.3. The highest BCUT2D eigenvalue weighted by Crippen LogP contribution is 2.45. The summed E-state index contributed by atoms with van der Waals surface area (Å²) in [5.41, 5.74) is 0. The predicted molar refractivity (Wildman–Crippen MR) is 409 cm³/mol. The van der Waals surface area contributed by atoms with E-state index in [-0.39, 0.29) is 25.7 Å². The number of aliphatic hydroxyl groups is 1. The number of unbranched alkanes of at least 4 members (excludes halogenated alkanes) is 50. The van der Waals surface area contributed by atoms with Gasteiger partial charge >= 0.3 is 39.5 Å². The van der Waals surface area contributed by atoms with Crippen molar-refractivity contribution in [3.05, 3.63) is 0 Å². The summed E-state index contributed by atoms with van der Waals surface area (Å²) in [5.74, 6) is -0.640. The predicted octanol–water partition coefficient (Wildman–Crippen LogP) is 24.3. The van der Waals surface area contributed by atoms with E-state index in [2.05, 4.69) is 41.5 Å². The smallest absolute Gasteiger partial charge is 0.462 e. The van der Waals surface area contributed by atoms with Crippen molar-refractivity contribution in [2.24, 2.45) is 11.8 Å². The maximum atomic E-state index is 13.1. The molecule has 2 unspecified atom stereocenters. The highest BCUT2D eigenvalue weighted by molar-refractivity contribution is 7.47. The lowest BCUT2D eigenvalue weighted by molar-refractivity contribution is -0.161. The number of phosphoric ester groups is 2. The van der Waals surface area contributed by atoms with Gasteiger partial charge in [0.2, 0.25) is 0 Å². The summed E-state index contributed by atoms with van der Waals surface area (Å²) in [5, 5.41) is 10.6. The summed E-state index contributed by atoms with van der Waals surface area (Å²) < 4.78 is 68.7. The Morgan fingerprint density at radius 2 is 0.460 bits per heavy atom. The van der Waals surface area contributed by atoms with Crippen LogP contribution in [0.25, 0.3) is 0 Å². The number of hydrogen-bond donors (Lipinski definition) is 3. The zero-order chi connectivity index (χ0) is 73.5. The van der Waals surface area contributed by atoms with E-state index < -0.39 is 97.5 Å². The fourth-order valence-corrected chi connectivity index (χ4v) is 14.1. The van der Waals surface area contributed by atoms with Crippen LogP contribution in [0.3, 0.4) is 0 Å². The Kier molecular flexibility index (Phi) is 71.2. The van der Waals surface area contributed by atoms with Crippen LogP contribution in [-0.2, 0) is 65.4 Å². The summed E-state index contributed by atoms with van der Waals surface area (Å²) in [7, 11) is -9.92. The highest BCUT2D eigenvalue weighted by atomic mass is 31.2. The minimum atomic E-state index is -4.96. The number of esters is 4. The van der Waals surface area contributed by atoms with E-state index in [4.69, 9.17) is 37.0 Å². The first-order valence-electron chi connectivity index (χ1n) is 42.0. The molecule has 100 heavy (non-hydrogen) atoms. The summed E-state index contributed by atoms with van der Waals surface area (Å²) in [4.78, 5) is 73.0. The van der Waals surface area contributed by atoms with Crippen molar-refractivity contribution in [1.29, 1.82) is 0 Å². The zero-order valence-electron chi connectivity index (χ0n) is 65.5. The topological polar surface area (TPSA) is 237 Å². The van der Waals surface area contributed by atoms with Crippen molar-refractivity contribution in [3.8, 4) is 0 Å². The molecule has 0 aliphatic carbocycles. The van der Waals surface area contributed by atoms with Crippen LogP contribution < -0.4 is 0 Å². The van der Waals surface area contributed by atoms with E-state index in [1.165, 1.54) is 238 Å². The first-order valence-corrected chi connectivity index (χ1v) is 45.0. The third-order valence-corrected chi connectivity index (χ3v) is 20.9. The lowest BCUT2D eigenvalue weighted by Crippen LogP contribution is -2.30. The van der Waals surface area contributed by atoms with E-state index >= 15 is 0 Å². The molecule has 0 aromatic heterocycles. The Morgan fingerprint density at radius 3 is 0.680 bits per heavy atom. The van der Waals surface area contributed by atoms with Gasteiger partial charge in [-0.2, -0.15) is 0 Å². The second kappa shape index (κ2) is 72.6. The molecule has 0 heterocycles. The molecule has 594 valence electrons. The van der Waals surface area contributed by atoms with Crippen molar-refractivity contribution in [3.63, 3.8) is 0 Å². The minimum Gasteiger partial charge on any atom is -0.462 e. The van der Waals surface area contributed by atoms with E-state index in [1.807, 2.05) is 0 Å². The number of carbonyl (C=O) groups excluding carboxylic acids is 4. The number of aliphatic hydroxyl groups excluding tert-OH is 1. The van der Waals surface area contributed by atoms with E-state index in [1.54, 1.807) is 0 Å². The van der Waals surface area contributed by atoms with Crippen LogP contribution in [0.15, 0.2) is 0 Å². The van der Waals surface area contributed by atoms with Gasteiger partial charge in [0.15, 0.2) is 12.2 Å². The molecule has 0 spiro atoms. The SMILES string of the molecule is CCCCCCCCCCCCCCCCCCCCCCCC(=O)O[C@H](COC(=O)CCCCCCCCCCCCCCCCC)COP(=O)(O)OC[C@@H](O)COP(=O)(O)OC[C@@H](COC(=O)CCCCCCCCCC(C)C)OC(=O)CCCCCCCCCCCCCC(C)C. The first kappa shape index (κ1) is 98.1. The van der Waals surface area contributed by atoms with Gasteiger partial charge in [0.05, 0.1) is 26.4 Å². The van der Waals surface area contributed by atoms with Crippen molar-refractivity contribution >= 4 is 39.5 Å². The average Bonchev–Trinajstić information content (AvgIpc) is 0.928. The summed E-state index contributed by atoms with van der Waals surface area (Å²) >= 11 is 0.